The summed E-state index contributed by atoms with van der Waals surface area (Å²) >= 11 is 0. The fraction of sp³-hybridized carbons (Fsp3) is 0.238. The number of hydrogen-bond donors (Lipinski definition) is 0. The molecular formula is C21H22O6. The molecule has 2 aromatic rings. The smallest absolute Gasteiger partial charge is 0.331 e. The van der Waals surface area contributed by atoms with E-state index in [1.165, 1.54) is 27.2 Å². The molecule has 0 aromatic heterocycles. The van der Waals surface area contributed by atoms with Crippen molar-refractivity contribution in [3.05, 3.63) is 59.7 Å². The number of carbonyl (C=O) groups excluding carboxylic acids is 2. The summed E-state index contributed by atoms with van der Waals surface area (Å²) < 4.78 is 20.8. The minimum atomic E-state index is -0.914. The molecule has 0 heterocycles. The second-order valence-corrected chi connectivity index (χ2v) is 5.59. The highest BCUT2D eigenvalue weighted by Gasteiger charge is 2.18. The Balaban J connectivity index is 2.04. The third kappa shape index (κ3) is 5.10. The second kappa shape index (κ2) is 9.43. The molecule has 0 aliphatic carbocycles. The van der Waals surface area contributed by atoms with E-state index in [9.17, 15) is 9.59 Å². The highest BCUT2D eigenvalue weighted by atomic mass is 16.5. The molecule has 0 saturated heterocycles. The first kappa shape index (κ1) is 20.0. The van der Waals surface area contributed by atoms with Crippen LogP contribution in [0.2, 0.25) is 0 Å². The van der Waals surface area contributed by atoms with E-state index in [1.54, 1.807) is 55.7 Å². The zero-order valence-electron chi connectivity index (χ0n) is 15.7. The van der Waals surface area contributed by atoms with Gasteiger partial charge in [0, 0.05) is 17.2 Å². The molecule has 0 bridgehead atoms. The van der Waals surface area contributed by atoms with Crippen LogP contribution < -0.4 is 14.2 Å². The normalized spacial score (nSPS) is 11.7. The van der Waals surface area contributed by atoms with Gasteiger partial charge >= 0.3 is 5.97 Å². The van der Waals surface area contributed by atoms with Crippen LogP contribution in [0.5, 0.6) is 17.2 Å². The van der Waals surface area contributed by atoms with E-state index in [1.807, 2.05) is 0 Å². The van der Waals surface area contributed by atoms with Gasteiger partial charge in [0.1, 0.15) is 5.75 Å². The number of ether oxygens (including phenoxy) is 4. The van der Waals surface area contributed by atoms with Gasteiger partial charge in [-0.2, -0.15) is 0 Å². The van der Waals surface area contributed by atoms with Gasteiger partial charge in [-0.1, -0.05) is 12.1 Å². The lowest BCUT2D eigenvalue weighted by Crippen LogP contribution is -2.23. The van der Waals surface area contributed by atoms with Crippen LogP contribution in [0.25, 0.3) is 6.08 Å². The molecule has 27 heavy (non-hydrogen) atoms. The molecular weight excluding hydrogens is 348 g/mol. The lowest BCUT2D eigenvalue weighted by molar-refractivity contribution is -0.140. The summed E-state index contributed by atoms with van der Waals surface area (Å²) in [6.07, 6.45) is 1.88. The maximum Gasteiger partial charge on any atom is 0.331 e. The minimum Gasteiger partial charge on any atom is -0.497 e. The number of ketones is 1. The standard InChI is InChI=1S/C21H22O6/c1-14(20(23)15-8-11-17(24-2)12-9-15)27-19(22)13-10-16-6-5-7-18(25-3)21(16)26-4/h5-14H,1-4H3/b13-10+/t14-/m1/s1. The first-order valence-corrected chi connectivity index (χ1v) is 8.28. The Bertz CT molecular complexity index is 823. The Hall–Kier alpha value is -3.28. The van der Waals surface area contributed by atoms with Gasteiger partial charge in [-0.25, -0.2) is 4.79 Å². The van der Waals surface area contributed by atoms with Gasteiger partial charge in [0.05, 0.1) is 21.3 Å². The van der Waals surface area contributed by atoms with Crippen LogP contribution in [-0.4, -0.2) is 39.2 Å². The molecule has 0 radical (unpaired) electrons. The Morgan fingerprint density at radius 3 is 2.22 bits per heavy atom. The summed E-state index contributed by atoms with van der Waals surface area (Å²) in [7, 11) is 4.60. The molecule has 6 nitrogen and oxygen atoms in total. The lowest BCUT2D eigenvalue weighted by Gasteiger charge is -2.12. The molecule has 0 amide bonds. The van der Waals surface area contributed by atoms with Gasteiger partial charge in [-0.3, -0.25) is 4.79 Å². The van der Waals surface area contributed by atoms with E-state index in [-0.39, 0.29) is 5.78 Å². The van der Waals surface area contributed by atoms with Gasteiger partial charge in [0.25, 0.3) is 0 Å². The van der Waals surface area contributed by atoms with Gasteiger partial charge in [0.15, 0.2) is 17.6 Å². The van der Waals surface area contributed by atoms with E-state index < -0.39 is 12.1 Å². The average Bonchev–Trinajstić information content (AvgIpc) is 2.71. The molecule has 0 N–H and O–H groups in total. The summed E-state index contributed by atoms with van der Waals surface area (Å²) in [6.45, 7) is 1.53. The van der Waals surface area contributed by atoms with Crippen LogP contribution in [0.15, 0.2) is 48.5 Å². The lowest BCUT2D eigenvalue weighted by atomic mass is 10.1. The predicted molar refractivity (Wildman–Crippen MR) is 101 cm³/mol. The Morgan fingerprint density at radius 2 is 1.63 bits per heavy atom. The van der Waals surface area contributed by atoms with Gasteiger partial charge in [0.2, 0.25) is 5.78 Å². The molecule has 0 spiro atoms. The molecule has 2 rings (SSSR count). The van der Waals surface area contributed by atoms with Crippen LogP contribution in [0.3, 0.4) is 0 Å². The van der Waals surface area contributed by atoms with E-state index >= 15 is 0 Å². The minimum absolute atomic E-state index is 0.293. The fourth-order valence-electron chi connectivity index (χ4n) is 2.46. The van der Waals surface area contributed by atoms with Gasteiger partial charge in [-0.05, 0) is 43.3 Å². The summed E-state index contributed by atoms with van der Waals surface area (Å²) in [4.78, 5) is 24.4. The number of hydrogen-bond acceptors (Lipinski definition) is 6. The average molecular weight is 370 g/mol. The summed E-state index contributed by atoms with van der Waals surface area (Å²) in [5.74, 6) is 0.779. The number of esters is 1. The number of rotatable bonds is 8. The highest BCUT2D eigenvalue weighted by molar-refractivity contribution is 6.01. The van der Waals surface area contributed by atoms with Crippen LogP contribution >= 0.6 is 0 Å². The van der Waals surface area contributed by atoms with Crippen molar-refractivity contribution < 1.29 is 28.5 Å². The van der Waals surface area contributed by atoms with Crippen molar-refractivity contribution in [1.29, 1.82) is 0 Å². The molecule has 1 atom stereocenters. The molecule has 0 fully saturated rings. The van der Waals surface area contributed by atoms with Crippen LogP contribution in [0.4, 0.5) is 0 Å². The molecule has 0 saturated carbocycles. The largest absolute Gasteiger partial charge is 0.497 e. The van der Waals surface area contributed by atoms with Crippen molar-refractivity contribution in [1.82, 2.24) is 0 Å². The number of methoxy groups -OCH3 is 3. The number of para-hydroxylation sites is 1. The quantitative estimate of drug-likeness (QED) is 0.402. The Labute approximate surface area is 158 Å². The van der Waals surface area contributed by atoms with Crippen LogP contribution in [-0.2, 0) is 9.53 Å². The monoisotopic (exact) mass is 370 g/mol. The number of Topliss-reactive ketones (excluding diaryl/α,β-unsaturated/α-hetero) is 1. The second-order valence-electron chi connectivity index (χ2n) is 5.59. The molecule has 6 heteroatoms. The van der Waals surface area contributed by atoms with Crippen molar-refractivity contribution in [3.63, 3.8) is 0 Å². The molecule has 0 aliphatic rings. The Kier molecular flexibility index (Phi) is 7.00. The molecule has 0 aliphatic heterocycles. The molecule has 0 unspecified atom stereocenters. The van der Waals surface area contributed by atoms with Crippen molar-refractivity contribution in [2.24, 2.45) is 0 Å². The maximum atomic E-state index is 12.4. The first-order chi connectivity index (χ1) is 13.0. The highest BCUT2D eigenvalue weighted by Crippen LogP contribution is 2.31. The van der Waals surface area contributed by atoms with Gasteiger partial charge in [-0.15, -0.1) is 0 Å². The van der Waals surface area contributed by atoms with Crippen molar-refractivity contribution >= 4 is 17.8 Å². The van der Waals surface area contributed by atoms with Crippen molar-refractivity contribution in [3.8, 4) is 17.2 Å². The van der Waals surface area contributed by atoms with Crippen molar-refractivity contribution in [2.45, 2.75) is 13.0 Å². The zero-order valence-corrected chi connectivity index (χ0v) is 15.7. The number of carbonyl (C=O) groups is 2. The van der Waals surface area contributed by atoms with Gasteiger partial charge < -0.3 is 18.9 Å². The SMILES string of the molecule is COc1ccc(C(=O)[C@@H](C)OC(=O)/C=C/c2cccc(OC)c2OC)cc1. The zero-order chi connectivity index (χ0) is 19.8. The summed E-state index contributed by atoms with van der Waals surface area (Å²) in [5.41, 5.74) is 1.09. The fourth-order valence-corrected chi connectivity index (χ4v) is 2.46. The van der Waals surface area contributed by atoms with Crippen LogP contribution in [0, 0.1) is 0 Å². The van der Waals surface area contributed by atoms with Crippen molar-refractivity contribution in [2.75, 3.05) is 21.3 Å². The predicted octanol–water partition coefficient (Wildman–Crippen LogP) is 3.54. The topological polar surface area (TPSA) is 71.1 Å². The third-order valence-electron chi connectivity index (χ3n) is 3.87. The van der Waals surface area contributed by atoms with E-state index in [0.717, 1.165) is 0 Å². The molecule has 142 valence electrons. The maximum absolute atomic E-state index is 12.4. The molecule has 2 aromatic carbocycles. The Morgan fingerprint density at radius 1 is 0.926 bits per heavy atom. The summed E-state index contributed by atoms with van der Waals surface area (Å²) in [5, 5.41) is 0. The summed E-state index contributed by atoms with van der Waals surface area (Å²) in [6, 6.07) is 11.9. The van der Waals surface area contributed by atoms with Crippen LogP contribution in [0.1, 0.15) is 22.8 Å². The first-order valence-electron chi connectivity index (χ1n) is 8.28. The number of benzene rings is 2. The van der Waals surface area contributed by atoms with E-state index in [0.29, 0.717) is 28.4 Å². The van der Waals surface area contributed by atoms with E-state index in [2.05, 4.69) is 0 Å². The third-order valence-corrected chi connectivity index (χ3v) is 3.87. The van der Waals surface area contributed by atoms with E-state index in [4.69, 9.17) is 18.9 Å².